The summed E-state index contributed by atoms with van der Waals surface area (Å²) in [6, 6.07) is 0. The van der Waals surface area contributed by atoms with E-state index in [0.29, 0.717) is 17.3 Å². The van der Waals surface area contributed by atoms with E-state index in [1.54, 1.807) is 6.20 Å². The van der Waals surface area contributed by atoms with Gasteiger partial charge in [-0.3, -0.25) is 9.59 Å². The highest BCUT2D eigenvalue weighted by Crippen LogP contribution is 2.83. The maximum Gasteiger partial charge on any atom is 0.231 e. The second kappa shape index (κ2) is 6.25. The number of amides is 2. The number of hydrogen-bond donors (Lipinski definition) is 3. The molecule has 5 atom stereocenters. The zero-order valence-corrected chi connectivity index (χ0v) is 18.3. The summed E-state index contributed by atoms with van der Waals surface area (Å²) in [5.41, 5.74) is 10.5. The fourth-order valence-corrected chi connectivity index (χ4v) is 9.10. The number of primary amides is 2. The van der Waals surface area contributed by atoms with Gasteiger partial charge >= 0.3 is 0 Å². The van der Waals surface area contributed by atoms with E-state index >= 15 is 0 Å². The maximum absolute atomic E-state index is 13.4. The summed E-state index contributed by atoms with van der Waals surface area (Å²) < 4.78 is 0.855. The molecule has 1 spiro atoms. The molecule has 3 saturated carbocycles. The lowest BCUT2D eigenvalue weighted by atomic mass is 9.52. The first-order valence-electron chi connectivity index (χ1n) is 10.3. The molecule has 3 aliphatic carbocycles. The molecule has 1 unspecified atom stereocenters. The predicted molar refractivity (Wildman–Crippen MR) is 110 cm³/mol. The highest BCUT2D eigenvalue weighted by Gasteiger charge is 2.85. The number of halogens is 1. The number of nitrogens with zero attached hydrogens (tertiary/aromatic N) is 1. The first kappa shape index (κ1) is 19.0. The number of hydrogen-bond acceptors (Lipinski definition) is 5. The molecule has 1 saturated heterocycles. The van der Waals surface area contributed by atoms with Crippen LogP contribution in [-0.2, 0) is 15.0 Å². The second-order valence-corrected chi connectivity index (χ2v) is 11.7. The minimum Gasteiger partial charge on any atom is -0.369 e. The molecule has 2 amide bonds. The van der Waals surface area contributed by atoms with E-state index in [2.05, 4.69) is 26.2 Å². The van der Waals surface area contributed by atoms with Crippen molar-refractivity contribution < 1.29 is 9.59 Å². The summed E-state index contributed by atoms with van der Waals surface area (Å²) >= 11 is 4.94. The molecule has 5 N–H and O–H groups in total. The summed E-state index contributed by atoms with van der Waals surface area (Å²) in [4.78, 5) is 31.3. The maximum atomic E-state index is 13.4. The zero-order chi connectivity index (χ0) is 19.7. The molecule has 28 heavy (non-hydrogen) atoms. The molecule has 6 nitrogen and oxygen atoms in total. The molecule has 4 fully saturated rings. The van der Waals surface area contributed by atoms with E-state index in [0.717, 1.165) is 55.4 Å². The summed E-state index contributed by atoms with van der Waals surface area (Å²) in [5.74, 6) is -0.209. The van der Waals surface area contributed by atoms with Crippen molar-refractivity contribution in [2.45, 2.75) is 50.4 Å². The SMILES string of the molecule is NC(=O)[C@]1(CC2CCCNC2)[C@@H]2CC[C@@H](C23CC3)[C@@]1(C(N)=O)c1ncc(Br)s1. The van der Waals surface area contributed by atoms with Crippen molar-refractivity contribution in [2.24, 2.45) is 40.1 Å². The van der Waals surface area contributed by atoms with Gasteiger partial charge in [-0.25, -0.2) is 4.98 Å². The number of nitrogens with one attached hydrogen (secondary N) is 1. The molecular formula is C20H27BrN4O2S. The Kier molecular flexibility index (Phi) is 4.24. The van der Waals surface area contributed by atoms with E-state index in [-0.39, 0.29) is 23.2 Å². The average molecular weight is 467 g/mol. The van der Waals surface area contributed by atoms with E-state index in [9.17, 15) is 9.59 Å². The number of rotatable bonds is 5. The first-order valence-corrected chi connectivity index (χ1v) is 11.9. The molecule has 8 heteroatoms. The standard InChI is InChI=1S/C20H27BrN4O2S/c21-14-10-25-17(28-14)20(16(23)27)13-4-3-12(18(13)5-6-18)19(20,15(22)26)8-11-2-1-7-24-9-11/h10-13,24H,1-9H2,(H2,22,26)(H2,23,27)/t11?,12-,13+,19+,20-/m1/s1. The van der Waals surface area contributed by atoms with E-state index < -0.39 is 16.7 Å². The van der Waals surface area contributed by atoms with Crippen LogP contribution in [0.3, 0.4) is 0 Å². The van der Waals surface area contributed by atoms with Crippen LogP contribution >= 0.6 is 27.3 Å². The highest BCUT2D eigenvalue weighted by molar-refractivity contribution is 9.11. The van der Waals surface area contributed by atoms with Crippen LogP contribution in [0.5, 0.6) is 0 Å². The number of carbonyl (C=O) groups excluding carboxylic acids is 2. The van der Waals surface area contributed by atoms with Crippen molar-refractivity contribution in [3.05, 3.63) is 15.0 Å². The van der Waals surface area contributed by atoms with Gasteiger partial charge in [-0.1, -0.05) is 0 Å². The van der Waals surface area contributed by atoms with E-state index in [4.69, 9.17) is 11.5 Å². The quantitative estimate of drug-likeness (QED) is 0.617. The lowest BCUT2D eigenvalue weighted by Gasteiger charge is -2.50. The fraction of sp³-hybridized carbons (Fsp3) is 0.750. The molecule has 0 aromatic carbocycles. The molecule has 1 aromatic rings. The van der Waals surface area contributed by atoms with E-state index in [1.807, 2.05) is 0 Å². The van der Waals surface area contributed by atoms with Gasteiger partial charge in [0.25, 0.3) is 0 Å². The lowest BCUT2D eigenvalue weighted by Crippen LogP contribution is -2.64. The van der Waals surface area contributed by atoms with Crippen molar-refractivity contribution in [1.29, 1.82) is 0 Å². The van der Waals surface area contributed by atoms with Gasteiger partial charge in [0.15, 0.2) is 0 Å². The second-order valence-electron chi connectivity index (χ2n) is 9.31. The Labute approximate surface area is 177 Å². The van der Waals surface area contributed by atoms with Crippen LogP contribution in [-0.4, -0.2) is 29.9 Å². The summed E-state index contributed by atoms with van der Waals surface area (Å²) in [6.45, 7) is 1.88. The Balaban J connectivity index is 1.73. The fourth-order valence-electron chi connectivity index (χ4n) is 7.56. The van der Waals surface area contributed by atoms with Gasteiger partial charge in [-0.05, 0) is 97.1 Å². The molecule has 152 valence electrons. The van der Waals surface area contributed by atoms with Crippen LogP contribution in [0.4, 0.5) is 0 Å². The topological polar surface area (TPSA) is 111 Å². The minimum atomic E-state index is -1.08. The zero-order valence-electron chi connectivity index (χ0n) is 15.9. The van der Waals surface area contributed by atoms with Gasteiger partial charge < -0.3 is 16.8 Å². The summed E-state index contributed by atoms with van der Waals surface area (Å²) in [5, 5.41) is 4.14. The van der Waals surface area contributed by atoms with Gasteiger partial charge in [0, 0.05) is 0 Å². The Hall–Kier alpha value is -0.990. The lowest BCUT2D eigenvalue weighted by molar-refractivity contribution is -0.148. The number of piperidine rings is 1. The highest BCUT2D eigenvalue weighted by atomic mass is 79.9. The third kappa shape index (κ3) is 2.14. The smallest absolute Gasteiger partial charge is 0.231 e. The Morgan fingerprint density at radius 2 is 1.96 bits per heavy atom. The van der Waals surface area contributed by atoms with Crippen molar-refractivity contribution in [2.75, 3.05) is 13.1 Å². The number of nitrogens with two attached hydrogens (primary N) is 2. The van der Waals surface area contributed by atoms with Crippen LogP contribution < -0.4 is 16.8 Å². The van der Waals surface area contributed by atoms with Gasteiger partial charge in [-0.2, -0.15) is 0 Å². The van der Waals surface area contributed by atoms with Crippen molar-refractivity contribution in [3.63, 3.8) is 0 Å². The molecule has 1 aromatic heterocycles. The molecule has 2 heterocycles. The Bertz CT molecular complexity index is 834. The molecule has 0 radical (unpaired) electrons. The normalized spacial score (nSPS) is 40.7. The van der Waals surface area contributed by atoms with Crippen LogP contribution in [0.1, 0.15) is 50.0 Å². The third-order valence-electron chi connectivity index (χ3n) is 8.43. The van der Waals surface area contributed by atoms with Crippen molar-refractivity contribution in [1.82, 2.24) is 10.3 Å². The third-order valence-corrected chi connectivity index (χ3v) is 10.0. The summed E-state index contributed by atoms with van der Waals surface area (Å²) in [7, 11) is 0. The Morgan fingerprint density at radius 1 is 1.21 bits per heavy atom. The van der Waals surface area contributed by atoms with Crippen LogP contribution in [0, 0.1) is 28.6 Å². The van der Waals surface area contributed by atoms with Crippen molar-refractivity contribution in [3.8, 4) is 0 Å². The van der Waals surface area contributed by atoms with Crippen LogP contribution in [0.2, 0.25) is 0 Å². The Morgan fingerprint density at radius 3 is 2.50 bits per heavy atom. The number of aromatic nitrogens is 1. The summed E-state index contributed by atoms with van der Waals surface area (Å²) in [6.07, 6.45) is 8.55. The monoisotopic (exact) mass is 466 g/mol. The molecule has 4 aliphatic rings. The van der Waals surface area contributed by atoms with Crippen LogP contribution in [0.25, 0.3) is 0 Å². The van der Waals surface area contributed by atoms with Gasteiger partial charge in [0.1, 0.15) is 10.4 Å². The molecule has 2 bridgehead atoms. The average Bonchev–Trinajstić information content (AvgIpc) is 3.13. The van der Waals surface area contributed by atoms with E-state index in [1.165, 1.54) is 11.3 Å². The van der Waals surface area contributed by atoms with Crippen LogP contribution in [0.15, 0.2) is 9.98 Å². The number of thiazole rings is 1. The number of carbonyl (C=O) groups is 2. The van der Waals surface area contributed by atoms with Gasteiger partial charge in [0.05, 0.1) is 15.4 Å². The minimum absolute atomic E-state index is 0.0459. The van der Waals surface area contributed by atoms with Crippen molar-refractivity contribution >= 4 is 39.1 Å². The molecule has 5 rings (SSSR count). The molecular weight excluding hydrogens is 440 g/mol. The molecule has 1 aliphatic heterocycles. The van der Waals surface area contributed by atoms with Gasteiger partial charge in [-0.15, -0.1) is 11.3 Å². The largest absolute Gasteiger partial charge is 0.369 e. The predicted octanol–water partition coefficient (Wildman–Crippen LogP) is 2.31. The first-order chi connectivity index (χ1) is 13.4. The van der Waals surface area contributed by atoms with Gasteiger partial charge in [0.2, 0.25) is 11.8 Å².